The van der Waals surface area contributed by atoms with Crippen molar-refractivity contribution in [1.29, 1.82) is 0 Å². The Hall–Kier alpha value is -2.55. The molecular formula is C22H29BrN2O6. The maximum atomic E-state index is 12.8. The van der Waals surface area contributed by atoms with Crippen molar-refractivity contribution in [2.24, 2.45) is 0 Å². The van der Waals surface area contributed by atoms with Crippen molar-refractivity contribution in [1.82, 2.24) is 9.88 Å². The fourth-order valence-corrected chi connectivity index (χ4v) is 3.66. The molecule has 1 atom stereocenters. The van der Waals surface area contributed by atoms with Crippen LogP contribution in [0.5, 0.6) is 0 Å². The van der Waals surface area contributed by atoms with Gasteiger partial charge in [0, 0.05) is 11.8 Å². The Balaban J connectivity index is 2.46. The molecule has 0 fully saturated rings. The van der Waals surface area contributed by atoms with Crippen LogP contribution in [0, 0.1) is 0 Å². The number of hydrogen-bond donors (Lipinski definition) is 1. The predicted octanol–water partition coefficient (Wildman–Crippen LogP) is 4.80. The first-order valence-electron chi connectivity index (χ1n) is 9.82. The number of nitrogens with zero attached hydrogens (tertiary/aromatic N) is 1. The minimum absolute atomic E-state index is 0.0722. The molecule has 1 heterocycles. The summed E-state index contributed by atoms with van der Waals surface area (Å²) in [6, 6.07) is 6.22. The largest absolute Gasteiger partial charge is 0.467 e. The van der Waals surface area contributed by atoms with E-state index in [0.29, 0.717) is 15.7 Å². The first kappa shape index (κ1) is 24.7. The van der Waals surface area contributed by atoms with Gasteiger partial charge in [0.1, 0.15) is 17.2 Å². The van der Waals surface area contributed by atoms with Crippen molar-refractivity contribution in [2.75, 3.05) is 7.11 Å². The number of hydrogen-bond acceptors (Lipinski definition) is 6. The van der Waals surface area contributed by atoms with E-state index in [0.717, 1.165) is 5.39 Å². The number of aromatic nitrogens is 1. The second-order valence-electron chi connectivity index (χ2n) is 9.03. The monoisotopic (exact) mass is 496 g/mol. The molecule has 31 heavy (non-hydrogen) atoms. The summed E-state index contributed by atoms with van der Waals surface area (Å²) in [4.78, 5) is 37.5. The van der Waals surface area contributed by atoms with Crippen molar-refractivity contribution in [3.8, 4) is 0 Å². The molecule has 0 saturated heterocycles. The van der Waals surface area contributed by atoms with Crippen molar-refractivity contribution in [3.05, 3.63) is 34.4 Å². The summed E-state index contributed by atoms with van der Waals surface area (Å²) < 4.78 is 17.5. The highest BCUT2D eigenvalue weighted by Gasteiger charge is 2.30. The first-order chi connectivity index (χ1) is 14.2. The second kappa shape index (κ2) is 9.30. The number of rotatable bonds is 4. The Bertz CT molecular complexity index is 984. The Kier molecular flexibility index (Phi) is 7.41. The Morgan fingerprint density at radius 1 is 1.03 bits per heavy atom. The number of nitrogens with one attached hydrogen (secondary N) is 1. The third-order valence-electron chi connectivity index (χ3n) is 4.08. The third kappa shape index (κ3) is 6.46. The van der Waals surface area contributed by atoms with E-state index in [2.05, 4.69) is 21.2 Å². The number of fused-ring (bicyclic) bond motifs is 1. The Labute approximate surface area is 190 Å². The highest BCUT2D eigenvalue weighted by molar-refractivity contribution is 9.10. The normalized spacial score (nSPS) is 12.9. The summed E-state index contributed by atoms with van der Waals surface area (Å²) in [6.07, 6.45) is -1.23. The third-order valence-corrected chi connectivity index (χ3v) is 4.91. The number of para-hydroxylation sites is 1. The zero-order chi connectivity index (χ0) is 23.6. The average molecular weight is 497 g/mol. The van der Waals surface area contributed by atoms with E-state index in [1.165, 1.54) is 11.7 Å². The molecule has 0 aliphatic carbocycles. The number of esters is 1. The molecule has 0 saturated carbocycles. The van der Waals surface area contributed by atoms with E-state index in [4.69, 9.17) is 14.2 Å². The van der Waals surface area contributed by atoms with Gasteiger partial charge < -0.3 is 19.5 Å². The molecule has 2 aromatic rings. The van der Waals surface area contributed by atoms with Crippen LogP contribution in [0.25, 0.3) is 10.9 Å². The van der Waals surface area contributed by atoms with Gasteiger partial charge in [0.15, 0.2) is 0 Å². The van der Waals surface area contributed by atoms with Gasteiger partial charge in [-0.2, -0.15) is 0 Å². The number of alkyl carbamates (subject to hydrolysis) is 1. The summed E-state index contributed by atoms with van der Waals surface area (Å²) >= 11 is 3.48. The Morgan fingerprint density at radius 3 is 2.16 bits per heavy atom. The van der Waals surface area contributed by atoms with Crippen LogP contribution in [0.15, 0.2) is 28.9 Å². The van der Waals surface area contributed by atoms with Gasteiger partial charge in [0.05, 0.1) is 17.2 Å². The lowest BCUT2D eigenvalue weighted by molar-refractivity contribution is -0.143. The lowest BCUT2D eigenvalue weighted by Crippen LogP contribution is -2.45. The van der Waals surface area contributed by atoms with E-state index in [1.807, 2.05) is 12.1 Å². The van der Waals surface area contributed by atoms with Crippen molar-refractivity contribution in [3.63, 3.8) is 0 Å². The van der Waals surface area contributed by atoms with Crippen LogP contribution < -0.4 is 5.32 Å². The zero-order valence-electron chi connectivity index (χ0n) is 18.9. The van der Waals surface area contributed by atoms with E-state index >= 15 is 0 Å². The molecule has 1 aromatic carbocycles. The lowest BCUT2D eigenvalue weighted by atomic mass is 10.1. The molecule has 0 bridgehead atoms. The van der Waals surface area contributed by atoms with E-state index in [1.54, 1.807) is 53.7 Å². The number of ether oxygens (including phenoxy) is 3. The molecule has 0 radical (unpaired) electrons. The number of halogens is 1. The predicted molar refractivity (Wildman–Crippen MR) is 120 cm³/mol. The number of carbonyl (C=O) groups excluding carboxylic acids is 3. The van der Waals surface area contributed by atoms with Crippen LogP contribution in [0.3, 0.4) is 0 Å². The van der Waals surface area contributed by atoms with E-state index in [9.17, 15) is 14.4 Å². The maximum absolute atomic E-state index is 12.8. The highest BCUT2D eigenvalue weighted by Crippen LogP contribution is 2.32. The molecule has 0 aliphatic heterocycles. The molecule has 1 amide bonds. The zero-order valence-corrected chi connectivity index (χ0v) is 20.5. The quantitative estimate of drug-likeness (QED) is 0.482. The van der Waals surface area contributed by atoms with Crippen molar-refractivity contribution < 1.29 is 28.6 Å². The molecule has 9 heteroatoms. The topological polar surface area (TPSA) is 95.9 Å². The number of methoxy groups -OCH3 is 1. The van der Waals surface area contributed by atoms with Gasteiger partial charge in [0.25, 0.3) is 0 Å². The highest BCUT2D eigenvalue weighted by atomic mass is 79.9. The van der Waals surface area contributed by atoms with E-state index in [-0.39, 0.29) is 6.42 Å². The minimum atomic E-state index is -1.02. The summed E-state index contributed by atoms with van der Waals surface area (Å²) in [5.74, 6) is -0.633. The molecule has 170 valence electrons. The maximum Gasteiger partial charge on any atom is 0.419 e. The van der Waals surface area contributed by atoms with Crippen LogP contribution in [0.4, 0.5) is 9.59 Å². The fraction of sp³-hybridized carbons (Fsp3) is 0.500. The molecule has 1 N–H and O–H groups in total. The average Bonchev–Trinajstić information content (AvgIpc) is 2.89. The van der Waals surface area contributed by atoms with Crippen LogP contribution in [-0.2, 0) is 25.4 Å². The number of benzene rings is 1. The summed E-state index contributed by atoms with van der Waals surface area (Å²) in [5.41, 5.74) is -0.153. The lowest BCUT2D eigenvalue weighted by Gasteiger charge is -2.22. The van der Waals surface area contributed by atoms with Crippen LogP contribution in [0.1, 0.15) is 47.1 Å². The van der Waals surface area contributed by atoms with Gasteiger partial charge in [-0.15, -0.1) is 0 Å². The van der Waals surface area contributed by atoms with E-state index < -0.39 is 35.4 Å². The number of carbonyl (C=O) groups is 3. The van der Waals surface area contributed by atoms with Gasteiger partial charge in [-0.3, -0.25) is 0 Å². The Morgan fingerprint density at radius 2 is 1.61 bits per heavy atom. The fourth-order valence-electron chi connectivity index (χ4n) is 2.95. The molecule has 0 spiro atoms. The van der Waals surface area contributed by atoms with Gasteiger partial charge in [-0.05, 0) is 69.1 Å². The van der Waals surface area contributed by atoms with Crippen molar-refractivity contribution in [2.45, 2.75) is 65.2 Å². The molecule has 1 aromatic heterocycles. The second-order valence-corrected chi connectivity index (χ2v) is 9.78. The standard InChI is InChI=1S/C22H29BrN2O6/c1-21(2,3)30-19(27)24-15(18(26)29-7)12-14-13-10-8-9-11-16(13)25(17(14)23)20(28)31-22(4,5)6/h8-11,15H,12H2,1-7H3,(H,24,27)/t15-/m1/s1. The van der Waals surface area contributed by atoms with Gasteiger partial charge in [-0.1, -0.05) is 18.2 Å². The van der Waals surface area contributed by atoms with Crippen LogP contribution >= 0.6 is 15.9 Å². The smallest absolute Gasteiger partial charge is 0.419 e. The molecule has 0 aliphatic rings. The summed E-state index contributed by atoms with van der Waals surface area (Å²) in [5, 5.41) is 3.30. The van der Waals surface area contributed by atoms with Crippen LogP contribution in [-0.4, -0.2) is 47.1 Å². The minimum Gasteiger partial charge on any atom is -0.467 e. The number of amides is 1. The molecule has 0 unspecified atom stereocenters. The van der Waals surface area contributed by atoms with Gasteiger partial charge >= 0.3 is 18.2 Å². The molecule has 2 rings (SSSR count). The SMILES string of the molecule is COC(=O)[C@@H](Cc1c(Br)n(C(=O)OC(C)(C)C)c2ccccc12)NC(=O)OC(C)(C)C. The summed E-state index contributed by atoms with van der Waals surface area (Å²) in [6.45, 7) is 10.5. The summed E-state index contributed by atoms with van der Waals surface area (Å²) in [7, 11) is 1.24. The van der Waals surface area contributed by atoms with Crippen LogP contribution in [0.2, 0.25) is 0 Å². The van der Waals surface area contributed by atoms with Crippen molar-refractivity contribution >= 4 is 45.0 Å². The van der Waals surface area contributed by atoms with Gasteiger partial charge in [0.2, 0.25) is 0 Å². The molecule has 8 nitrogen and oxygen atoms in total. The van der Waals surface area contributed by atoms with Gasteiger partial charge in [-0.25, -0.2) is 19.0 Å². The first-order valence-corrected chi connectivity index (χ1v) is 10.6. The molecular weight excluding hydrogens is 468 g/mol.